The summed E-state index contributed by atoms with van der Waals surface area (Å²) in [5.41, 5.74) is 2.82. The molecule has 1 aliphatic heterocycles. The normalized spacial score (nSPS) is 15.7. The molecular formula is C18H23FN4. The number of rotatable bonds is 5. The summed E-state index contributed by atoms with van der Waals surface area (Å²) in [4.78, 5) is 10.4. The highest BCUT2D eigenvalue weighted by molar-refractivity contribution is 5.51. The fraction of sp³-hybridized carbons (Fsp3) is 0.444. The zero-order valence-corrected chi connectivity index (χ0v) is 13.7. The van der Waals surface area contributed by atoms with Gasteiger partial charge in [0.15, 0.2) is 11.6 Å². The Morgan fingerprint density at radius 1 is 1.26 bits per heavy atom. The van der Waals surface area contributed by atoms with E-state index in [4.69, 9.17) is 0 Å². The van der Waals surface area contributed by atoms with Crippen LogP contribution in [0.2, 0.25) is 0 Å². The number of benzene rings is 1. The van der Waals surface area contributed by atoms with Crippen LogP contribution >= 0.6 is 0 Å². The Labute approximate surface area is 136 Å². The minimum absolute atomic E-state index is 0.0216. The van der Waals surface area contributed by atoms with Gasteiger partial charge in [-0.25, -0.2) is 14.4 Å². The molecule has 1 saturated heterocycles. The van der Waals surface area contributed by atoms with Crippen molar-refractivity contribution in [1.82, 2.24) is 9.97 Å². The van der Waals surface area contributed by atoms with E-state index in [-0.39, 0.29) is 17.7 Å². The van der Waals surface area contributed by atoms with Crippen molar-refractivity contribution >= 4 is 11.5 Å². The maximum Gasteiger partial charge on any atom is 0.186 e. The zero-order valence-electron chi connectivity index (χ0n) is 13.7. The van der Waals surface area contributed by atoms with Crippen LogP contribution in [0.5, 0.6) is 0 Å². The maximum absolute atomic E-state index is 14.3. The van der Waals surface area contributed by atoms with E-state index in [2.05, 4.69) is 44.5 Å². The minimum Gasteiger partial charge on any atom is -0.372 e. The number of nitrogens with one attached hydrogen (secondary N) is 1. The van der Waals surface area contributed by atoms with Crippen LogP contribution in [0.3, 0.4) is 0 Å². The van der Waals surface area contributed by atoms with Gasteiger partial charge in [-0.1, -0.05) is 19.1 Å². The summed E-state index contributed by atoms with van der Waals surface area (Å²) in [6, 6.07) is 8.43. The van der Waals surface area contributed by atoms with Crippen LogP contribution in [0.25, 0.3) is 0 Å². The predicted octanol–water partition coefficient (Wildman–Crippen LogP) is 3.95. The maximum atomic E-state index is 14.3. The highest BCUT2D eigenvalue weighted by Crippen LogP contribution is 2.26. The van der Waals surface area contributed by atoms with E-state index in [9.17, 15) is 4.39 Å². The van der Waals surface area contributed by atoms with Crippen LogP contribution in [-0.4, -0.2) is 23.1 Å². The van der Waals surface area contributed by atoms with Gasteiger partial charge in [0.25, 0.3) is 0 Å². The van der Waals surface area contributed by atoms with E-state index in [1.54, 1.807) is 0 Å². The summed E-state index contributed by atoms with van der Waals surface area (Å²) in [6.45, 7) is 6.14. The Balaban J connectivity index is 1.78. The lowest BCUT2D eigenvalue weighted by molar-refractivity contribution is 0.594. The number of hydrogen-bond acceptors (Lipinski definition) is 4. The van der Waals surface area contributed by atoms with Gasteiger partial charge >= 0.3 is 0 Å². The highest BCUT2D eigenvalue weighted by atomic mass is 19.1. The number of hydrogen-bond donors (Lipinski definition) is 1. The summed E-state index contributed by atoms with van der Waals surface area (Å²) in [5.74, 6) is -0.0755. The first-order chi connectivity index (χ1) is 11.2. The van der Waals surface area contributed by atoms with E-state index < -0.39 is 0 Å². The van der Waals surface area contributed by atoms with Crippen LogP contribution in [0.1, 0.15) is 44.0 Å². The second-order valence-electron chi connectivity index (χ2n) is 5.99. The first-order valence-corrected chi connectivity index (χ1v) is 8.30. The van der Waals surface area contributed by atoms with Crippen molar-refractivity contribution in [2.75, 3.05) is 23.3 Å². The molecule has 1 aromatic carbocycles. The van der Waals surface area contributed by atoms with E-state index >= 15 is 0 Å². The van der Waals surface area contributed by atoms with Gasteiger partial charge in [-0.2, -0.15) is 0 Å². The molecule has 3 rings (SSSR count). The molecular weight excluding hydrogens is 291 g/mol. The van der Waals surface area contributed by atoms with Gasteiger partial charge in [-0.15, -0.1) is 0 Å². The van der Waals surface area contributed by atoms with Crippen LogP contribution in [0, 0.1) is 5.82 Å². The first-order valence-electron chi connectivity index (χ1n) is 8.30. The van der Waals surface area contributed by atoms with Crippen molar-refractivity contribution in [2.24, 2.45) is 0 Å². The smallest absolute Gasteiger partial charge is 0.186 e. The zero-order chi connectivity index (χ0) is 16.2. The molecule has 1 unspecified atom stereocenters. The topological polar surface area (TPSA) is 41.1 Å². The third kappa shape index (κ3) is 3.44. The van der Waals surface area contributed by atoms with Crippen molar-refractivity contribution in [2.45, 2.75) is 39.2 Å². The van der Waals surface area contributed by atoms with Gasteiger partial charge in [0.1, 0.15) is 6.33 Å². The summed E-state index contributed by atoms with van der Waals surface area (Å²) in [7, 11) is 0. The molecule has 122 valence electrons. The highest BCUT2D eigenvalue weighted by Gasteiger charge is 2.16. The van der Waals surface area contributed by atoms with Crippen molar-refractivity contribution in [3.63, 3.8) is 0 Å². The van der Waals surface area contributed by atoms with E-state index in [0.29, 0.717) is 12.1 Å². The molecule has 1 N–H and O–H groups in total. The Bertz CT molecular complexity index is 668. The lowest BCUT2D eigenvalue weighted by atomic mass is 10.1. The molecule has 0 radical (unpaired) electrons. The molecule has 0 amide bonds. The predicted molar refractivity (Wildman–Crippen MR) is 91.3 cm³/mol. The average Bonchev–Trinajstić information content (AvgIpc) is 3.11. The number of aryl methyl sites for hydroxylation is 1. The van der Waals surface area contributed by atoms with Crippen LogP contribution < -0.4 is 10.2 Å². The van der Waals surface area contributed by atoms with E-state index in [1.165, 1.54) is 24.9 Å². The van der Waals surface area contributed by atoms with Crippen molar-refractivity contribution in [1.29, 1.82) is 0 Å². The number of nitrogens with zero attached hydrogens (tertiary/aromatic N) is 3. The third-order valence-corrected chi connectivity index (χ3v) is 4.39. The fourth-order valence-corrected chi connectivity index (χ4v) is 3.01. The second kappa shape index (κ2) is 6.94. The van der Waals surface area contributed by atoms with E-state index in [1.807, 2.05) is 13.8 Å². The Morgan fingerprint density at radius 2 is 2.04 bits per heavy atom. The minimum atomic E-state index is -0.349. The van der Waals surface area contributed by atoms with Crippen molar-refractivity contribution in [3.05, 3.63) is 47.7 Å². The van der Waals surface area contributed by atoms with E-state index in [0.717, 1.165) is 18.7 Å². The molecule has 2 heterocycles. The molecule has 1 atom stereocenters. The van der Waals surface area contributed by atoms with Gasteiger partial charge in [0.05, 0.1) is 11.7 Å². The SMILES string of the molecule is CCc1ncnc(NC(C)c2cccc(N3CCCC3)c2)c1F. The van der Waals surface area contributed by atoms with Crippen molar-refractivity contribution in [3.8, 4) is 0 Å². The fourth-order valence-electron chi connectivity index (χ4n) is 3.01. The standard InChI is InChI=1S/C18H23FN4/c1-3-16-17(19)18(21-12-20-16)22-13(2)14-7-6-8-15(11-14)23-9-4-5-10-23/h6-8,11-13H,3-5,9-10H2,1-2H3,(H,20,21,22). The summed E-state index contributed by atoms with van der Waals surface area (Å²) < 4.78 is 14.3. The molecule has 5 heteroatoms. The van der Waals surface area contributed by atoms with Gasteiger partial charge < -0.3 is 10.2 Å². The second-order valence-corrected chi connectivity index (χ2v) is 5.99. The number of anilines is 2. The van der Waals surface area contributed by atoms with Crippen LogP contribution in [0.4, 0.5) is 15.9 Å². The molecule has 23 heavy (non-hydrogen) atoms. The van der Waals surface area contributed by atoms with Crippen LogP contribution in [0.15, 0.2) is 30.6 Å². The molecule has 1 fully saturated rings. The third-order valence-electron chi connectivity index (χ3n) is 4.39. The molecule has 0 bridgehead atoms. The monoisotopic (exact) mass is 314 g/mol. The summed E-state index contributed by atoms with van der Waals surface area (Å²) in [5, 5.41) is 3.17. The molecule has 0 saturated carbocycles. The van der Waals surface area contributed by atoms with Gasteiger partial charge in [-0.05, 0) is 43.9 Å². The molecule has 1 aromatic heterocycles. The summed E-state index contributed by atoms with van der Waals surface area (Å²) >= 11 is 0. The number of halogens is 1. The van der Waals surface area contributed by atoms with Crippen molar-refractivity contribution < 1.29 is 4.39 Å². The first kappa shape index (κ1) is 15.7. The molecule has 2 aromatic rings. The quantitative estimate of drug-likeness (QED) is 0.907. The molecule has 0 spiro atoms. The largest absolute Gasteiger partial charge is 0.372 e. The molecule has 4 nitrogen and oxygen atoms in total. The average molecular weight is 314 g/mol. The Kier molecular flexibility index (Phi) is 4.74. The summed E-state index contributed by atoms with van der Waals surface area (Å²) in [6.07, 6.45) is 4.48. The Morgan fingerprint density at radius 3 is 2.78 bits per heavy atom. The van der Waals surface area contributed by atoms with Gasteiger partial charge in [0, 0.05) is 18.8 Å². The molecule has 0 aliphatic carbocycles. The van der Waals surface area contributed by atoms with Gasteiger partial charge in [-0.3, -0.25) is 0 Å². The number of aromatic nitrogens is 2. The van der Waals surface area contributed by atoms with Gasteiger partial charge in [0.2, 0.25) is 0 Å². The lowest BCUT2D eigenvalue weighted by Crippen LogP contribution is -2.18. The Hall–Kier alpha value is -2.17. The molecule has 1 aliphatic rings. The lowest BCUT2D eigenvalue weighted by Gasteiger charge is -2.21. The van der Waals surface area contributed by atoms with Crippen LogP contribution in [-0.2, 0) is 6.42 Å².